The van der Waals surface area contributed by atoms with Crippen molar-refractivity contribution < 1.29 is 0 Å². The molecule has 10 aromatic rings. The lowest BCUT2D eigenvalue weighted by molar-refractivity contribution is 0.661. The molecule has 0 unspecified atom stereocenters. The molecular formula is C55H38N2. The molecule has 0 spiro atoms. The number of hydrogen-bond donors (Lipinski definition) is 0. The fraction of sp³-hybridized carbons (Fsp3) is 0.0545. The van der Waals surface area contributed by atoms with Gasteiger partial charge in [-0.1, -0.05) is 190 Å². The minimum atomic E-state index is -0.114. The average Bonchev–Trinajstić information content (AvgIpc) is 3.52. The van der Waals surface area contributed by atoms with E-state index in [2.05, 4.69) is 202 Å². The Morgan fingerprint density at radius 3 is 1.77 bits per heavy atom. The summed E-state index contributed by atoms with van der Waals surface area (Å²) in [7, 11) is 0. The van der Waals surface area contributed by atoms with E-state index in [1.807, 2.05) is 6.07 Å². The van der Waals surface area contributed by atoms with Gasteiger partial charge in [0.15, 0.2) is 5.82 Å². The van der Waals surface area contributed by atoms with E-state index in [1.165, 1.54) is 65.9 Å². The normalized spacial score (nSPS) is 12.9. The minimum absolute atomic E-state index is 0.114. The van der Waals surface area contributed by atoms with Crippen molar-refractivity contribution in [1.29, 1.82) is 0 Å². The summed E-state index contributed by atoms with van der Waals surface area (Å²) in [5.41, 5.74) is 15.1. The summed E-state index contributed by atoms with van der Waals surface area (Å²) in [5.74, 6) is 0.707. The van der Waals surface area contributed by atoms with E-state index in [0.29, 0.717) is 5.82 Å². The first kappa shape index (κ1) is 33.2. The molecule has 11 rings (SSSR count). The van der Waals surface area contributed by atoms with Gasteiger partial charge in [0.2, 0.25) is 0 Å². The highest BCUT2D eigenvalue weighted by Crippen LogP contribution is 2.55. The highest BCUT2D eigenvalue weighted by atomic mass is 14.9. The zero-order chi connectivity index (χ0) is 38.1. The van der Waals surface area contributed by atoms with E-state index in [-0.39, 0.29) is 5.41 Å². The van der Waals surface area contributed by atoms with Crippen molar-refractivity contribution in [2.75, 3.05) is 0 Å². The lowest BCUT2D eigenvalue weighted by atomic mass is 9.81. The predicted octanol–water partition coefficient (Wildman–Crippen LogP) is 14.6. The molecule has 1 aliphatic rings. The van der Waals surface area contributed by atoms with Gasteiger partial charge in [-0.2, -0.15) is 0 Å². The molecule has 0 fully saturated rings. The molecule has 0 saturated heterocycles. The Kier molecular flexibility index (Phi) is 7.55. The molecule has 0 N–H and O–H groups in total. The van der Waals surface area contributed by atoms with E-state index >= 15 is 0 Å². The van der Waals surface area contributed by atoms with E-state index in [1.54, 1.807) is 0 Å². The second-order valence-electron chi connectivity index (χ2n) is 15.7. The summed E-state index contributed by atoms with van der Waals surface area (Å²) in [6.07, 6.45) is 0. The summed E-state index contributed by atoms with van der Waals surface area (Å²) in [6.45, 7) is 4.73. The van der Waals surface area contributed by atoms with Crippen LogP contribution in [0.5, 0.6) is 0 Å². The van der Waals surface area contributed by atoms with Gasteiger partial charge in [0.25, 0.3) is 0 Å². The quantitative estimate of drug-likeness (QED) is 0.176. The Morgan fingerprint density at radius 2 is 0.930 bits per heavy atom. The van der Waals surface area contributed by atoms with Crippen molar-refractivity contribution in [1.82, 2.24) is 9.97 Å². The Morgan fingerprint density at radius 1 is 0.333 bits per heavy atom. The van der Waals surface area contributed by atoms with Gasteiger partial charge in [-0.25, -0.2) is 9.97 Å². The van der Waals surface area contributed by atoms with Crippen LogP contribution in [-0.2, 0) is 5.41 Å². The Balaban J connectivity index is 1.09. The van der Waals surface area contributed by atoms with Crippen molar-refractivity contribution in [2.45, 2.75) is 19.3 Å². The molecule has 9 aromatic carbocycles. The van der Waals surface area contributed by atoms with Crippen molar-refractivity contribution in [3.8, 4) is 67.3 Å². The SMILES string of the molecule is CC1(C)c2cccc(-c3ccc(-c4cc(-c5cccc(-c6ccc7ccccc7c6)c5)nc(-c5ccccc5)n4)c4ccccc34)c2-c2c1ccc1ccccc21. The number of nitrogens with zero attached hydrogens (tertiary/aromatic N) is 2. The van der Waals surface area contributed by atoms with Crippen LogP contribution >= 0.6 is 0 Å². The summed E-state index contributed by atoms with van der Waals surface area (Å²) in [6, 6.07) is 70.1. The van der Waals surface area contributed by atoms with Crippen molar-refractivity contribution in [2.24, 2.45) is 0 Å². The van der Waals surface area contributed by atoms with E-state index in [0.717, 1.165) is 39.0 Å². The second-order valence-corrected chi connectivity index (χ2v) is 15.7. The lowest BCUT2D eigenvalue weighted by Crippen LogP contribution is -2.14. The maximum Gasteiger partial charge on any atom is 0.160 e. The highest BCUT2D eigenvalue weighted by Gasteiger charge is 2.38. The van der Waals surface area contributed by atoms with Gasteiger partial charge in [-0.15, -0.1) is 0 Å². The molecule has 0 aliphatic heterocycles. The molecule has 1 heterocycles. The fourth-order valence-corrected chi connectivity index (χ4v) is 9.21. The predicted molar refractivity (Wildman–Crippen MR) is 239 cm³/mol. The Hall–Kier alpha value is -7.16. The fourth-order valence-electron chi connectivity index (χ4n) is 9.21. The molecule has 0 radical (unpaired) electrons. The summed E-state index contributed by atoms with van der Waals surface area (Å²) in [4.78, 5) is 10.5. The van der Waals surface area contributed by atoms with Crippen LogP contribution in [0.4, 0.5) is 0 Å². The number of rotatable bonds is 5. The number of aromatic nitrogens is 2. The molecule has 57 heavy (non-hydrogen) atoms. The summed E-state index contributed by atoms with van der Waals surface area (Å²) >= 11 is 0. The van der Waals surface area contributed by atoms with Crippen LogP contribution < -0.4 is 0 Å². The third-order valence-electron chi connectivity index (χ3n) is 12.1. The molecule has 0 amide bonds. The van der Waals surface area contributed by atoms with E-state index in [4.69, 9.17) is 9.97 Å². The Labute approximate surface area is 332 Å². The molecule has 1 aliphatic carbocycles. The van der Waals surface area contributed by atoms with Crippen LogP contribution in [0, 0.1) is 0 Å². The maximum absolute atomic E-state index is 5.30. The molecule has 1 aromatic heterocycles. The van der Waals surface area contributed by atoms with Gasteiger partial charge < -0.3 is 0 Å². The van der Waals surface area contributed by atoms with Crippen molar-refractivity contribution in [3.05, 3.63) is 205 Å². The van der Waals surface area contributed by atoms with Crippen LogP contribution in [0.2, 0.25) is 0 Å². The van der Waals surface area contributed by atoms with Crippen LogP contribution in [0.1, 0.15) is 25.0 Å². The van der Waals surface area contributed by atoms with Gasteiger partial charge in [-0.05, 0) is 95.0 Å². The first-order valence-electron chi connectivity index (χ1n) is 19.7. The molecule has 0 bridgehead atoms. The maximum atomic E-state index is 5.30. The van der Waals surface area contributed by atoms with Gasteiger partial charge in [0.1, 0.15) is 0 Å². The number of hydrogen-bond acceptors (Lipinski definition) is 2. The minimum Gasteiger partial charge on any atom is -0.228 e. The highest BCUT2D eigenvalue weighted by molar-refractivity contribution is 6.11. The molecular weight excluding hydrogens is 689 g/mol. The summed E-state index contributed by atoms with van der Waals surface area (Å²) in [5, 5.41) is 7.41. The van der Waals surface area contributed by atoms with Crippen LogP contribution in [0.15, 0.2) is 194 Å². The van der Waals surface area contributed by atoms with Gasteiger partial charge in [-0.3, -0.25) is 0 Å². The molecule has 0 saturated carbocycles. The Bertz CT molecular complexity index is 3210. The largest absolute Gasteiger partial charge is 0.228 e. The van der Waals surface area contributed by atoms with Gasteiger partial charge in [0.05, 0.1) is 11.4 Å². The molecule has 2 heteroatoms. The van der Waals surface area contributed by atoms with Gasteiger partial charge >= 0.3 is 0 Å². The third-order valence-corrected chi connectivity index (χ3v) is 12.1. The lowest BCUT2D eigenvalue weighted by Gasteiger charge is -2.22. The smallest absolute Gasteiger partial charge is 0.160 e. The third kappa shape index (κ3) is 5.40. The number of benzene rings is 9. The topological polar surface area (TPSA) is 25.8 Å². The van der Waals surface area contributed by atoms with Crippen molar-refractivity contribution >= 4 is 32.3 Å². The average molecular weight is 727 g/mol. The first-order valence-corrected chi connectivity index (χ1v) is 19.7. The van der Waals surface area contributed by atoms with E-state index < -0.39 is 0 Å². The molecule has 2 nitrogen and oxygen atoms in total. The van der Waals surface area contributed by atoms with Crippen LogP contribution in [0.25, 0.3) is 99.6 Å². The van der Waals surface area contributed by atoms with Crippen molar-refractivity contribution in [3.63, 3.8) is 0 Å². The first-order chi connectivity index (χ1) is 28.0. The number of fused-ring (bicyclic) bond motifs is 7. The zero-order valence-electron chi connectivity index (χ0n) is 31.9. The standard InChI is InChI=1S/C55H38N2/c1-55(2)48-25-13-24-47(53(48)52-42-21-9-8-15-36(42)28-31-49(52)55)45-29-30-46(44-23-11-10-22-43(44)45)51-34-50(56-54(57-51)37-16-4-3-5-17-37)41-20-12-19-39(33-41)40-27-26-35-14-6-7-18-38(35)32-40/h3-34H,1-2H3. The van der Waals surface area contributed by atoms with Crippen LogP contribution in [-0.4, -0.2) is 9.97 Å². The monoisotopic (exact) mass is 726 g/mol. The van der Waals surface area contributed by atoms with Gasteiger partial charge in [0, 0.05) is 22.1 Å². The van der Waals surface area contributed by atoms with E-state index in [9.17, 15) is 0 Å². The molecule has 268 valence electrons. The zero-order valence-corrected chi connectivity index (χ0v) is 31.9. The summed E-state index contributed by atoms with van der Waals surface area (Å²) < 4.78 is 0. The van der Waals surface area contributed by atoms with Crippen LogP contribution in [0.3, 0.4) is 0 Å². The molecule has 0 atom stereocenters. The second kappa shape index (κ2) is 13.0.